The Bertz CT molecular complexity index is 718. The van der Waals surface area contributed by atoms with E-state index in [0.717, 1.165) is 6.42 Å². The predicted octanol–water partition coefficient (Wildman–Crippen LogP) is 4.18. The van der Waals surface area contributed by atoms with E-state index >= 15 is 0 Å². The smallest absolute Gasteiger partial charge is 0.316 e. The first-order chi connectivity index (χ1) is 12.0. The van der Waals surface area contributed by atoms with E-state index in [9.17, 15) is 9.59 Å². The number of carboxylic acid groups (broad SMARTS) is 1. The van der Waals surface area contributed by atoms with Crippen LogP contribution in [0.4, 0.5) is 0 Å². The van der Waals surface area contributed by atoms with Gasteiger partial charge in [-0.15, -0.1) is 11.8 Å². The van der Waals surface area contributed by atoms with Crippen molar-refractivity contribution in [2.75, 3.05) is 6.54 Å². The minimum atomic E-state index is -0.893. The van der Waals surface area contributed by atoms with E-state index in [1.165, 1.54) is 17.3 Å². The number of nitrogens with one attached hydrogen (secondary N) is 1. The van der Waals surface area contributed by atoms with Crippen LogP contribution in [-0.2, 0) is 4.79 Å². The van der Waals surface area contributed by atoms with Gasteiger partial charge in [0.2, 0.25) is 0 Å². The molecule has 0 spiro atoms. The van der Waals surface area contributed by atoms with Gasteiger partial charge < -0.3 is 10.4 Å². The van der Waals surface area contributed by atoms with Crippen LogP contribution in [-0.4, -0.2) is 28.8 Å². The van der Waals surface area contributed by atoms with E-state index in [0.29, 0.717) is 17.0 Å². The van der Waals surface area contributed by atoms with Crippen molar-refractivity contribution in [2.45, 2.75) is 36.3 Å². The number of hydrogen-bond donors (Lipinski definition) is 2. The summed E-state index contributed by atoms with van der Waals surface area (Å²) in [6.45, 7) is 4.26. The zero-order chi connectivity index (χ0) is 18.2. The van der Waals surface area contributed by atoms with Gasteiger partial charge >= 0.3 is 5.97 Å². The van der Waals surface area contributed by atoms with Crippen molar-refractivity contribution in [2.24, 2.45) is 0 Å². The Hall–Kier alpha value is -2.27. The molecule has 1 amide bonds. The first kappa shape index (κ1) is 19.1. The number of rotatable bonds is 8. The van der Waals surface area contributed by atoms with E-state index in [2.05, 4.69) is 24.4 Å². The molecule has 0 saturated carbocycles. The normalized spacial score (nSPS) is 13.0. The average Bonchev–Trinajstić information content (AvgIpc) is 2.63. The Morgan fingerprint density at radius 3 is 2.36 bits per heavy atom. The van der Waals surface area contributed by atoms with Crippen LogP contribution in [0.3, 0.4) is 0 Å². The molecule has 4 nitrogen and oxygen atoms in total. The van der Waals surface area contributed by atoms with Crippen LogP contribution < -0.4 is 5.32 Å². The highest BCUT2D eigenvalue weighted by molar-refractivity contribution is 8.00. The lowest BCUT2D eigenvalue weighted by atomic mass is 9.96. The van der Waals surface area contributed by atoms with E-state index in [4.69, 9.17) is 5.11 Å². The lowest BCUT2D eigenvalue weighted by Gasteiger charge is -2.17. The third-order valence-corrected chi connectivity index (χ3v) is 5.22. The molecule has 25 heavy (non-hydrogen) atoms. The first-order valence-corrected chi connectivity index (χ1v) is 9.22. The van der Waals surface area contributed by atoms with Gasteiger partial charge in [-0.3, -0.25) is 9.59 Å². The largest absolute Gasteiger partial charge is 0.480 e. The second kappa shape index (κ2) is 9.28. The lowest BCUT2D eigenvalue weighted by Crippen LogP contribution is -2.28. The second-order valence-electron chi connectivity index (χ2n) is 5.82. The Morgan fingerprint density at radius 2 is 1.72 bits per heavy atom. The predicted molar refractivity (Wildman–Crippen MR) is 101 cm³/mol. The molecule has 2 aromatic carbocycles. The van der Waals surface area contributed by atoms with Crippen molar-refractivity contribution in [1.29, 1.82) is 0 Å². The lowest BCUT2D eigenvalue weighted by molar-refractivity contribution is -0.136. The third-order valence-electron chi connectivity index (χ3n) is 4.06. The van der Waals surface area contributed by atoms with Crippen LogP contribution in [0, 0.1) is 0 Å². The molecule has 0 bridgehead atoms. The molecule has 2 atom stereocenters. The topological polar surface area (TPSA) is 66.4 Å². The molecule has 2 unspecified atom stereocenters. The van der Waals surface area contributed by atoms with Gasteiger partial charge in [-0.25, -0.2) is 0 Å². The average molecular weight is 357 g/mol. The van der Waals surface area contributed by atoms with Gasteiger partial charge in [0.15, 0.2) is 0 Å². The molecule has 5 heteroatoms. The maximum absolute atomic E-state index is 12.6. The summed E-state index contributed by atoms with van der Waals surface area (Å²) in [7, 11) is 0. The van der Waals surface area contributed by atoms with Crippen molar-refractivity contribution >= 4 is 23.6 Å². The summed E-state index contributed by atoms with van der Waals surface area (Å²) in [5.41, 5.74) is 1.72. The highest BCUT2D eigenvalue weighted by Crippen LogP contribution is 2.27. The standard InChI is InChI=1S/C20H23NO3S/c1-3-15(16-9-5-4-6-10-16)13-21-19(22)17-11-7-8-12-18(17)25-14(2)20(23)24/h4-12,14-15H,3,13H2,1-2H3,(H,21,22)(H,23,24). The maximum Gasteiger partial charge on any atom is 0.316 e. The van der Waals surface area contributed by atoms with Gasteiger partial charge in [0.25, 0.3) is 5.91 Å². The summed E-state index contributed by atoms with van der Waals surface area (Å²) in [4.78, 5) is 24.4. The highest BCUT2D eigenvalue weighted by Gasteiger charge is 2.18. The van der Waals surface area contributed by atoms with Crippen molar-refractivity contribution in [3.8, 4) is 0 Å². The number of carbonyl (C=O) groups is 2. The van der Waals surface area contributed by atoms with Crippen LogP contribution >= 0.6 is 11.8 Å². The van der Waals surface area contributed by atoms with Gasteiger partial charge in [0, 0.05) is 17.4 Å². The van der Waals surface area contributed by atoms with Crippen LogP contribution in [0.15, 0.2) is 59.5 Å². The zero-order valence-corrected chi connectivity index (χ0v) is 15.3. The summed E-state index contributed by atoms with van der Waals surface area (Å²) in [5.74, 6) is -0.812. The molecule has 0 fully saturated rings. The molecule has 0 heterocycles. The number of amides is 1. The zero-order valence-electron chi connectivity index (χ0n) is 14.4. The number of aliphatic carboxylic acids is 1. The van der Waals surface area contributed by atoms with Crippen molar-refractivity contribution in [3.05, 3.63) is 65.7 Å². The van der Waals surface area contributed by atoms with Gasteiger partial charge in [-0.05, 0) is 31.0 Å². The van der Waals surface area contributed by atoms with Gasteiger partial charge in [-0.2, -0.15) is 0 Å². The van der Waals surface area contributed by atoms with Crippen molar-refractivity contribution in [3.63, 3.8) is 0 Å². The molecule has 0 saturated heterocycles. The molecule has 2 N–H and O–H groups in total. The summed E-state index contributed by atoms with van der Waals surface area (Å²) >= 11 is 1.18. The van der Waals surface area contributed by atoms with Gasteiger partial charge in [0.05, 0.1) is 5.56 Å². The summed E-state index contributed by atoms with van der Waals surface area (Å²) < 4.78 is 0. The maximum atomic E-state index is 12.6. The monoisotopic (exact) mass is 357 g/mol. The first-order valence-electron chi connectivity index (χ1n) is 8.34. The van der Waals surface area contributed by atoms with Crippen LogP contribution in [0.5, 0.6) is 0 Å². The molecule has 0 aliphatic heterocycles. The molecule has 0 radical (unpaired) electrons. The second-order valence-corrected chi connectivity index (χ2v) is 7.20. The van der Waals surface area contributed by atoms with Crippen LogP contribution in [0.2, 0.25) is 0 Å². The van der Waals surface area contributed by atoms with Crippen molar-refractivity contribution in [1.82, 2.24) is 5.32 Å². The number of carboxylic acids is 1. The summed E-state index contributed by atoms with van der Waals surface area (Å²) in [6.07, 6.45) is 0.927. The number of hydrogen-bond acceptors (Lipinski definition) is 3. The highest BCUT2D eigenvalue weighted by atomic mass is 32.2. The van der Waals surface area contributed by atoms with Crippen molar-refractivity contribution < 1.29 is 14.7 Å². The minimum Gasteiger partial charge on any atom is -0.480 e. The Morgan fingerprint density at radius 1 is 1.08 bits per heavy atom. The molecule has 0 aliphatic rings. The quantitative estimate of drug-likeness (QED) is 0.696. The molecule has 2 rings (SSSR count). The molecular weight excluding hydrogens is 334 g/mol. The minimum absolute atomic E-state index is 0.171. The fourth-order valence-electron chi connectivity index (χ4n) is 2.53. The fourth-order valence-corrected chi connectivity index (χ4v) is 3.46. The molecule has 132 valence electrons. The molecule has 0 aromatic heterocycles. The number of carbonyl (C=O) groups excluding carboxylic acids is 1. The fraction of sp³-hybridized carbons (Fsp3) is 0.300. The van der Waals surface area contributed by atoms with Crippen LogP contribution in [0.25, 0.3) is 0 Å². The third kappa shape index (κ3) is 5.36. The Balaban J connectivity index is 2.07. The van der Waals surface area contributed by atoms with E-state index in [1.807, 2.05) is 24.3 Å². The number of benzene rings is 2. The molecule has 2 aromatic rings. The SMILES string of the molecule is CCC(CNC(=O)c1ccccc1SC(C)C(=O)O)c1ccccc1. The van der Waals surface area contributed by atoms with Gasteiger partial charge in [-0.1, -0.05) is 49.4 Å². The number of thioether (sulfide) groups is 1. The van der Waals surface area contributed by atoms with E-state index < -0.39 is 11.2 Å². The Kier molecular flexibility index (Phi) is 7.07. The Labute approximate surface area is 152 Å². The summed E-state index contributed by atoms with van der Waals surface area (Å²) in [5, 5.41) is 11.5. The molecular formula is C20H23NO3S. The molecule has 0 aliphatic carbocycles. The van der Waals surface area contributed by atoms with E-state index in [-0.39, 0.29) is 11.8 Å². The van der Waals surface area contributed by atoms with E-state index in [1.54, 1.807) is 25.1 Å². The summed E-state index contributed by atoms with van der Waals surface area (Å²) in [6, 6.07) is 17.2. The van der Waals surface area contributed by atoms with Gasteiger partial charge in [0.1, 0.15) is 5.25 Å². The van der Waals surface area contributed by atoms with Crippen LogP contribution in [0.1, 0.15) is 42.1 Å².